The van der Waals surface area contributed by atoms with Gasteiger partial charge in [-0.05, 0) is 12.8 Å². The molecule has 1 N–H and O–H groups in total. The zero-order chi connectivity index (χ0) is 12.0. The van der Waals surface area contributed by atoms with Crippen LogP contribution in [0, 0.1) is 0 Å². The Labute approximate surface area is 96.5 Å². The second-order valence-corrected chi connectivity index (χ2v) is 4.07. The molecule has 0 spiro atoms. The number of carboxylic acid groups (broad SMARTS) is 1. The summed E-state index contributed by atoms with van der Waals surface area (Å²) in [5.41, 5.74) is 0.393. The van der Waals surface area contributed by atoms with Gasteiger partial charge < -0.3 is 5.11 Å². The summed E-state index contributed by atoms with van der Waals surface area (Å²) in [7, 11) is 0. The fourth-order valence-electron chi connectivity index (χ4n) is 1.65. The Balaban J connectivity index is 2.78. The van der Waals surface area contributed by atoms with Crippen molar-refractivity contribution in [2.45, 2.75) is 52.6 Å². The number of unbranched alkanes of at least 4 members (excludes halogenated alkanes) is 2. The SMILES string of the molecule is CCCCn1c[n+](CCCC)cc1C(=O)O. The molecule has 4 heteroatoms. The van der Waals surface area contributed by atoms with E-state index in [1.165, 1.54) is 0 Å². The summed E-state index contributed by atoms with van der Waals surface area (Å²) in [6.07, 6.45) is 7.94. The van der Waals surface area contributed by atoms with E-state index in [1.807, 2.05) is 15.5 Å². The molecule has 0 bridgehead atoms. The van der Waals surface area contributed by atoms with Gasteiger partial charge in [0.05, 0.1) is 13.1 Å². The Bertz CT molecular complexity index is 345. The lowest BCUT2D eigenvalue weighted by Gasteiger charge is -1.95. The number of nitrogens with zero attached hydrogens (tertiary/aromatic N) is 2. The highest BCUT2D eigenvalue weighted by Gasteiger charge is 2.19. The fraction of sp³-hybridized carbons (Fsp3) is 0.667. The van der Waals surface area contributed by atoms with Crippen molar-refractivity contribution >= 4 is 5.97 Å². The summed E-state index contributed by atoms with van der Waals surface area (Å²) in [6, 6.07) is 0. The Hall–Kier alpha value is -1.32. The largest absolute Gasteiger partial charge is 0.475 e. The van der Waals surface area contributed by atoms with Crippen LogP contribution in [0.15, 0.2) is 12.5 Å². The van der Waals surface area contributed by atoms with Crippen LogP contribution >= 0.6 is 0 Å². The van der Waals surface area contributed by atoms with Crippen LogP contribution < -0.4 is 4.57 Å². The molecule has 0 fully saturated rings. The number of hydrogen-bond donors (Lipinski definition) is 1. The first-order chi connectivity index (χ1) is 7.69. The molecular formula is C12H21N2O2+. The molecule has 1 aromatic heterocycles. The summed E-state index contributed by atoms with van der Waals surface area (Å²) >= 11 is 0. The van der Waals surface area contributed by atoms with E-state index in [2.05, 4.69) is 13.8 Å². The van der Waals surface area contributed by atoms with Gasteiger partial charge >= 0.3 is 5.97 Å². The average Bonchev–Trinajstić information content (AvgIpc) is 2.67. The minimum Gasteiger partial charge on any atom is -0.475 e. The molecule has 0 unspecified atom stereocenters. The van der Waals surface area contributed by atoms with E-state index in [-0.39, 0.29) is 0 Å². The predicted octanol–water partition coefficient (Wildman–Crippen LogP) is 2.07. The zero-order valence-electron chi connectivity index (χ0n) is 10.1. The maximum absolute atomic E-state index is 11.0. The molecule has 90 valence electrons. The van der Waals surface area contributed by atoms with E-state index < -0.39 is 5.97 Å². The molecule has 0 aliphatic rings. The van der Waals surface area contributed by atoms with Crippen LogP contribution in [-0.4, -0.2) is 15.6 Å². The van der Waals surface area contributed by atoms with Crippen molar-refractivity contribution in [2.75, 3.05) is 0 Å². The van der Waals surface area contributed by atoms with Crippen molar-refractivity contribution < 1.29 is 14.5 Å². The summed E-state index contributed by atoms with van der Waals surface area (Å²) in [4.78, 5) is 11.0. The van der Waals surface area contributed by atoms with E-state index in [9.17, 15) is 4.79 Å². The maximum Gasteiger partial charge on any atom is 0.379 e. The summed E-state index contributed by atoms with van der Waals surface area (Å²) < 4.78 is 3.81. The predicted molar refractivity (Wildman–Crippen MR) is 61.4 cm³/mol. The highest BCUT2D eigenvalue weighted by atomic mass is 16.4. The Morgan fingerprint density at radius 3 is 2.62 bits per heavy atom. The van der Waals surface area contributed by atoms with Gasteiger partial charge in [0, 0.05) is 0 Å². The van der Waals surface area contributed by atoms with Crippen molar-refractivity contribution in [1.82, 2.24) is 4.57 Å². The highest BCUT2D eigenvalue weighted by Crippen LogP contribution is 2.02. The number of aryl methyl sites for hydroxylation is 2. The number of hydrogen-bond acceptors (Lipinski definition) is 1. The molecule has 1 aromatic rings. The van der Waals surface area contributed by atoms with Gasteiger partial charge in [0.2, 0.25) is 6.33 Å². The van der Waals surface area contributed by atoms with Gasteiger partial charge in [-0.3, -0.25) is 0 Å². The quantitative estimate of drug-likeness (QED) is 0.722. The van der Waals surface area contributed by atoms with Gasteiger partial charge in [0.1, 0.15) is 6.20 Å². The standard InChI is InChI=1S/C12H20N2O2/c1-3-5-7-13-9-11(12(15)16)14(10-13)8-6-4-2/h9-10H,3-8H2,1-2H3/p+1. The summed E-state index contributed by atoms with van der Waals surface area (Å²) in [6.45, 7) is 5.93. The molecule has 0 amide bonds. The number of aromatic nitrogens is 2. The van der Waals surface area contributed by atoms with Crippen LogP contribution in [0.5, 0.6) is 0 Å². The lowest BCUT2D eigenvalue weighted by atomic mass is 10.3. The molecule has 0 radical (unpaired) electrons. The second kappa shape index (κ2) is 6.30. The highest BCUT2D eigenvalue weighted by molar-refractivity contribution is 5.84. The third-order valence-corrected chi connectivity index (χ3v) is 2.63. The molecular weight excluding hydrogens is 204 g/mol. The number of aromatic carboxylic acids is 1. The van der Waals surface area contributed by atoms with Crippen LogP contribution in [0.2, 0.25) is 0 Å². The molecule has 4 nitrogen and oxygen atoms in total. The van der Waals surface area contributed by atoms with E-state index in [0.29, 0.717) is 5.69 Å². The van der Waals surface area contributed by atoms with Crippen LogP contribution in [0.3, 0.4) is 0 Å². The molecule has 0 saturated carbocycles. The molecule has 0 atom stereocenters. The molecule has 1 rings (SSSR count). The molecule has 0 saturated heterocycles. The number of rotatable bonds is 7. The molecule has 0 aliphatic heterocycles. The smallest absolute Gasteiger partial charge is 0.379 e. The Morgan fingerprint density at radius 2 is 2.06 bits per heavy atom. The minimum atomic E-state index is -0.841. The van der Waals surface area contributed by atoms with Crippen molar-refractivity contribution in [2.24, 2.45) is 0 Å². The monoisotopic (exact) mass is 225 g/mol. The summed E-state index contributed by atoms with van der Waals surface area (Å²) in [5, 5.41) is 9.07. The van der Waals surface area contributed by atoms with Gasteiger partial charge in [-0.2, -0.15) is 0 Å². The topological polar surface area (TPSA) is 46.1 Å². The molecule has 1 heterocycles. The van der Waals surface area contributed by atoms with Crippen molar-refractivity contribution in [3.05, 3.63) is 18.2 Å². The van der Waals surface area contributed by atoms with E-state index in [4.69, 9.17) is 5.11 Å². The number of carboxylic acids is 1. The first kappa shape index (κ1) is 12.7. The lowest BCUT2D eigenvalue weighted by molar-refractivity contribution is -0.696. The van der Waals surface area contributed by atoms with E-state index >= 15 is 0 Å². The minimum absolute atomic E-state index is 0.393. The average molecular weight is 225 g/mol. The van der Waals surface area contributed by atoms with Crippen molar-refractivity contribution in [1.29, 1.82) is 0 Å². The van der Waals surface area contributed by atoms with Crippen molar-refractivity contribution in [3.63, 3.8) is 0 Å². The van der Waals surface area contributed by atoms with E-state index in [0.717, 1.165) is 38.8 Å². The van der Waals surface area contributed by atoms with Crippen molar-refractivity contribution in [3.8, 4) is 0 Å². The van der Waals surface area contributed by atoms with Crippen LogP contribution in [0.1, 0.15) is 50.0 Å². The van der Waals surface area contributed by atoms with E-state index in [1.54, 1.807) is 6.20 Å². The van der Waals surface area contributed by atoms with Gasteiger partial charge in [0.15, 0.2) is 0 Å². The maximum atomic E-state index is 11.0. The molecule has 0 aromatic carbocycles. The second-order valence-electron chi connectivity index (χ2n) is 4.07. The third-order valence-electron chi connectivity index (χ3n) is 2.63. The Kier molecular flexibility index (Phi) is 5.02. The third kappa shape index (κ3) is 3.36. The van der Waals surface area contributed by atoms with Crippen LogP contribution in [0.4, 0.5) is 0 Å². The molecule has 0 aliphatic carbocycles. The summed E-state index contributed by atoms with van der Waals surface area (Å²) in [5.74, 6) is -0.841. The molecule has 16 heavy (non-hydrogen) atoms. The normalized spacial score (nSPS) is 10.6. The van der Waals surface area contributed by atoms with Gasteiger partial charge in [0.25, 0.3) is 5.69 Å². The van der Waals surface area contributed by atoms with Gasteiger partial charge in [-0.15, -0.1) is 0 Å². The first-order valence-electron chi connectivity index (χ1n) is 6.01. The lowest BCUT2D eigenvalue weighted by Crippen LogP contribution is -2.30. The fourth-order valence-corrected chi connectivity index (χ4v) is 1.65. The number of carbonyl (C=O) groups is 1. The first-order valence-corrected chi connectivity index (χ1v) is 6.01. The van der Waals surface area contributed by atoms with Gasteiger partial charge in [-0.25, -0.2) is 13.9 Å². The number of imidazole rings is 1. The Morgan fingerprint density at radius 1 is 1.38 bits per heavy atom. The zero-order valence-corrected chi connectivity index (χ0v) is 10.1. The van der Waals surface area contributed by atoms with Crippen LogP contribution in [-0.2, 0) is 13.1 Å². The van der Waals surface area contributed by atoms with Gasteiger partial charge in [-0.1, -0.05) is 26.7 Å². The van der Waals surface area contributed by atoms with Crippen LogP contribution in [0.25, 0.3) is 0 Å².